The van der Waals surface area contributed by atoms with Gasteiger partial charge in [0.05, 0.1) is 6.54 Å². The smallest absolute Gasteiger partial charge is 0.273 e. The quantitative estimate of drug-likeness (QED) is 0.696. The van der Waals surface area contributed by atoms with Gasteiger partial charge in [0, 0.05) is 12.4 Å². The molecule has 0 saturated carbocycles. The average molecular weight is 195 g/mol. The molecule has 0 aromatic carbocycles. The molecule has 0 radical (unpaired) electrons. The standard InChI is InChI=1S/C8H9N3OS/c1-3-4-11(2)7(12)6-5-13-8(9)10-6/h1,5H,4H2,2H3,(H2,9,10). The minimum atomic E-state index is -0.203. The normalized spacial score (nSPS) is 9.23. The van der Waals surface area contributed by atoms with E-state index >= 15 is 0 Å². The predicted octanol–water partition coefficient (Wildman–Crippen LogP) is 0.431. The van der Waals surface area contributed by atoms with Crippen molar-refractivity contribution in [2.75, 3.05) is 19.3 Å². The maximum absolute atomic E-state index is 11.5. The number of carbonyl (C=O) groups excluding carboxylic acids is 1. The van der Waals surface area contributed by atoms with E-state index in [4.69, 9.17) is 12.2 Å². The Kier molecular flexibility index (Phi) is 2.88. The van der Waals surface area contributed by atoms with Crippen molar-refractivity contribution >= 4 is 22.4 Å². The summed E-state index contributed by atoms with van der Waals surface area (Å²) in [6.07, 6.45) is 5.06. The van der Waals surface area contributed by atoms with Crippen molar-refractivity contribution in [2.45, 2.75) is 0 Å². The Labute approximate surface area is 80.4 Å². The van der Waals surface area contributed by atoms with Gasteiger partial charge in [-0.15, -0.1) is 17.8 Å². The lowest BCUT2D eigenvalue weighted by Gasteiger charge is -2.11. The molecule has 2 N–H and O–H groups in total. The van der Waals surface area contributed by atoms with Crippen LogP contribution in [-0.4, -0.2) is 29.4 Å². The summed E-state index contributed by atoms with van der Waals surface area (Å²) in [7, 11) is 1.62. The SMILES string of the molecule is C#CCN(C)C(=O)c1csc(N)n1. The zero-order chi connectivity index (χ0) is 9.84. The van der Waals surface area contributed by atoms with Crippen LogP contribution in [0.4, 0.5) is 5.13 Å². The van der Waals surface area contributed by atoms with E-state index in [1.807, 2.05) is 0 Å². The lowest BCUT2D eigenvalue weighted by Crippen LogP contribution is -2.27. The van der Waals surface area contributed by atoms with E-state index < -0.39 is 0 Å². The number of thiazole rings is 1. The second-order valence-corrected chi connectivity index (χ2v) is 3.33. The molecule has 0 atom stereocenters. The molecule has 0 aliphatic heterocycles. The lowest BCUT2D eigenvalue weighted by atomic mass is 10.4. The number of hydrogen-bond acceptors (Lipinski definition) is 4. The first kappa shape index (κ1) is 9.55. The number of amides is 1. The lowest BCUT2D eigenvalue weighted by molar-refractivity contribution is 0.0808. The number of nitrogens with two attached hydrogens (primary N) is 1. The zero-order valence-corrected chi connectivity index (χ0v) is 7.97. The second-order valence-electron chi connectivity index (χ2n) is 2.44. The first-order chi connectivity index (χ1) is 6.15. The Hall–Kier alpha value is -1.54. The number of carbonyl (C=O) groups is 1. The molecule has 0 unspecified atom stereocenters. The van der Waals surface area contributed by atoms with E-state index in [2.05, 4.69) is 10.9 Å². The first-order valence-corrected chi connectivity index (χ1v) is 4.43. The minimum Gasteiger partial charge on any atom is -0.375 e. The number of rotatable bonds is 2. The second kappa shape index (κ2) is 3.92. The van der Waals surface area contributed by atoms with E-state index in [1.54, 1.807) is 12.4 Å². The summed E-state index contributed by atoms with van der Waals surface area (Å²) in [5.74, 6) is 2.17. The summed E-state index contributed by atoms with van der Waals surface area (Å²) in [5, 5.41) is 2.00. The van der Waals surface area contributed by atoms with Gasteiger partial charge in [0.2, 0.25) is 0 Å². The molecular formula is C8H9N3OS. The largest absolute Gasteiger partial charge is 0.375 e. The van der Waals surface area contributed by atoms with E-state index in [1.165, 1.54) is 16.2 Å². The Morgan fingerprint density at radius 1 is 1.92 bits per heavy atom. The number of nitrogen functional groups attached to an aromatic ring is 1. The van der Waals surface area contributed by atoms with Crippen molar-refractivity contribution in [3.05, 3.63) is 11.1 Å². The van der Waals surface area contributed by atoms with E-state index in [0.29, 0.717) is 10.8 Å². The van der Waals surface area contributed by atoms with Crippen molar-refractivity contribution < 1.29 is 4.79 Å². The van der Waals surface area contributed by atoms with Gasteiger partial charge in [0.15, 0.2) is 5.13 Å². The molecule has 1 heterocycles. The molecule has 1 amide bonds. The van der Waals surface area contributed by atoms with Gasteiger partial charge < -0.3 is 10.6 Å². The highest BCUT2D eigenvalue weighted by Gasteiger charge is 2.13. The van der Waals surface area contributed by atoms with Gasteiger partial charge in [-0.05, 0) is 0 Å². The van der Waals surface area contributed by atoms with Gasteiger partial charge in [0.25, 0.3) is 5.91 Å². The van der Waals surface area contributed by atoms with Gasteiger partial charge >= 0.3 is 0 Å². The first-order valence-electron chi connectivity index (χ1n) is 3.55. The Morgan fingerprint density at radius 2 is 2.62 bits per heavy atom. The summed E-state index contributed by atoms with van der Waals surface area (Å²) < 4.78 is 0. The van der Waals surface area contributed by atoms with Crippen molar-refractivity contribution in [1.29, 1.82) is 0 Å². The highest BCUT2D eigenvalue weighted by atomic mass is 32.1. The van der Waals surface area contributed by atoms with Crippen molar-refractivity contribution in [2.24, 2.45) is 0 Å². The number of terminal acetylenes is 1. The van der Waals surface area contributed by atoms with Crippen LogP contribution in [0.15, 0.2) is 5.38 Å². The zero-order valence-electron chi connectivity index (χ0n) is 7.15. The number of aromatic nitrogens is 1. The van der Waals surface area contributed by atoms with Crippen LogP contribution in [-0.2, 0) is 0 Å². The summed E-state index contributed by atoms with van der Waals surface area (Å²) in [6, 6.07) is 0. The van der Waals surface area contributed by atoms with Crippen molar-refractivity contribution in [3.63, 3.8) is 0 Å². The Bertz CT molecular complexity index is 353. The molecule has 1 aromatic heterocycles. The monoisotopic (exact) mass is 195 g/mol. The molecular weight excluding hydrogens is 186 g/mol. The third kappa shape index (κ3) is 2.20. The summed E-state index contributed by atoms with van der Waals surface area (Å²) >= 11 is 1.24. The molecule has 1 aromatic rings. The van der Waals surface area contributed by atoms with Gasteiger partial charge in [-0.1, -0.05) is 5.92 Å². The summed E-state index contributed by atoms with van der Waals surface area (Å²) in [5.41, 5.74) is 5.73. The molecule has 0 aliphatic carbocycles. The molecule has 4 nitrogen and oxygen atoms in total. The van der Waals surface area contributed by atoms with Crippen LogP contribution in [0.25, 0.3) is 0 Å². The molecule has 1 rings (SSSR count). The third-order valence-corrected chi connectivity index (χ3v) is 2.09. The van der Waals surface area contributed by atoms with Crippen molar-refractivity contribution in [3.8, 4) is 12.3 Å². The topological polar surface area (TPSA) is 59.2 Å². The summed E-state index contributed by atoms with van der Waals surface area (Å²) in [4.78, 5) is 16.7. The maximum Gasteiger partial charge on any atom is 0.273 e. The van der Waals surface area contributed by atoms with Crippen LogP contribution in [0.5, 0.6) is 0 Å². The van der Waals surface area contributed by atoms with Crippen LogP contribution in [0, 0.1) is 12.3 Å². The van der Waals surface area contributed by atoms with Gasteiger partial charge in [0.1, 0.15) is 5.69 Å². The van der Waals surface area contributed by atoms with Crippen LogP contribution < -0.4 is 5.73 Å². The molecule has 0 fully saturated rings. The highest BCUT2D eigenvalue weighted by Crippen LogP contribution is 2.12. The molecule has 68 valence electrons. The molecule has 0 aliphatic rings. The molecule has 0 spiro atoms. The number of anilines is 1. The van der Waals surface area contributed by atoms with Gasteiger partial charge in [-0.2, -0.15) is 0 Å². The third-order valence-electron chi connectivity index (χ3n) is 1.42. The van der Waals surface area contributed by atoms with Gasteiger partial charge in [-0.25, -0.2) is 4.98 Å². The maximum atomic E-state index is 11.5. The Balaban J connectivity index is 2.74. The van der Waals surface area contributed by atoms with Crippen LogP contribution in [0.3, 0.4) is 0 Å². The van der Waals surface area contributed by atoms with Gasteiger partial charge in [-0.3, -0.25) is 4.79 Å². The molecule has 13 heavy (non-hydrogen) atoms. The molecule has 5 heteroatoms. The van der Waals surface area contributed by atoms with Crippen LogP contribution in [0.1, 0.15) is 10.5 Å². The van der Waals surface area contributed by atoms with Crippen LogP contribution in [0.2, 0.25) is 0 Å². The highest BCUT2D eigenvalue weighted by molar-refractivity contribution is 7.13. The number of nitrogens with zero attached hydrogens (tertiary/aromatic N) is 2. The van der Waals surface area contributed by atoms with Crippen molar-refractivity contribution in [1.82, 2.24) is 9.88 Å². The fourth-order valence-corrected chi connectivity index (χ4v) is 1.33. The Morgan fingerprint density at radius 3 is 3.08 bits per heavy atom. The predicted molar refractivity (Wildman–Crippen MR) is 52.3 cm³/mol. The van der Waals surface area contributed by atoms with Crippen LogP contribution >= 0.6 is 11.3 Å². The average Bonchev–Trinajstić information content (AvgIpc) is 2.51. The molecule has 0 saturated heterocycles. The van der Waals surface area contributed by atoms with E-state index in [-0.39, 0.29) is 12.5 Å². The van der Waals surface area contributed by atoms with E-state index in [0.717, 1.165) is 0 Å². The number of hydrogen-bond donors (Lipinski definition) is 1. The fourth-order valence-electron chi connectivity index (χ4n) is 0.790. The summed E-state index contributed by atoms with van der Waals surface area (Å²) in [6.45, 7) is 0.274. The minimum absolute atomic E-state index is 0.203. The van der Waals surface area contributed by atoms with E-state index in [9.17, 15) is 4.79 Å². The molecule has 0 bridgehead atoms. The fraction of sp³-hybridized carbons (Fsp3) is 0.250.